The van der Waals surface area contributed by atoms with E-state index in [1.165, 1.54) is 63.5 Å². The zero-order chi connectivity index (χ0) is 21.7. The largest absolute Gasteiger partial charge is 0.478 e. The van der Waals surface area contributed by atoms with Crippen molar-refractivity contribution in [2.24, 2.45) is 5.16 Å². The molecule has 7 heteroatoms. The molecule has 0 aromatic rings. The Bertz CT molecular complexity index is 458. The molecule has 7 nitrogen and oxygen atoms in total. The Labute approximate surface area is 175 Å². The Morgan fingerprint density at radius 3 is 1.66 bits per heavy atom. The van der Waals surface area contributed by atoms with Crippen LogP contribution in [0.2, 0.25) is 0 Å². The molecule has 0 aromatic carbocycles. The van der Waals surface area contributed by atoms with Gasteiger partial charge in [-0.05, 0) is 38.8 Å². The normalized spacial score (nSPS) is 16.3. The SMILES string of the molecule is CCN(CC)CCON=C1CCCCCCCCCCC1.O=C(O)C=CC(=O)O. The summed E-state index contributed by atoms with van der Waals surface area (Å²) in [6.07, 6.45) is 15.8. The molecule has 0 radical (unpaired) electrons. The number of hydrogen-bond acceptors (Lipinski definition) is 5. The molecule has 0 bridgehead atoms. The van der Waals surface area contributed by atoms with Crippen molar-refractivity contribution in [1.29, 1.82) is 0 Å². The molecule has 1 fully saturated rings. The van der Waals surface area contributed by atoms with Crippen LogP contribution in [0.1, 0.15) is 84.5 Å². The van der Waals surface area contributed by atoms with E-state index in [9.17, 15) is 9.59 Å². The van der Waals surface area contributed by atoms with Gasteiger partial charge in [-0.2, -0.15) is 0 Å². The topological polar surface area (TPSA) is 99.4 Å². The molecule has 0 spiro atoms. The maximum atomic E-state index is 9.55. The number of aliphatic carboxylic acids is 2. The van der Waals surface area contributed by atoms with Gasteiger partial charge in [0.1, 0.15) is 6.61 Å². The third-order valence-electron chi connectivity index (χ3n) is 4.89. The van der Waals surface area contributed by atoms with Crippen molar-refractivity contribution < 1.29 is 24.6 Å². The fourth-order valence-electron chi connectivity index (χ4n) is 3.10. The maximum Gasteiger partial charge on any atom is 0.328 e. The minimum absolute atomic E-state index is 0.558. The van der Waals surface area contributed by atoms with E-state index in [1.807, 2.05) is 0 Å². The predicted octanol–water partition coefficient (Wildman–Crippen LogP) is 4.72. The predicted molar refractivity (Wildman–Crippen MR) is 116 cm³/mol. The highest BCUT2D eigenvalue weighted by molar-refractivity contribution is 5.89. The molecule has 1 saturated carbocycles. The van der Waals surface area contributed by atoms with Crippen molar-refractivity contribution in [1.82, 2.24) is 4.90 Å². The van der Waals surface area contributed by atoms with E-state index in [0.717, 1.165) is 39.1 Å². The van der Waals surface area contributed by atoms with E-state index in [-0.39, 0.29) is 0 Å². The third-order valence-corrected chi connectivity index (χ3v) is 4.89. The van der Waals surface area contributed by atoms with Crippen LogP contribution in [-0.2, 0) is 14.4 Å². The molecule has 0 amide bonds. The van der Waals surface area contributed by atoms with Crippen molar-refractivity contribution in [2.45, 2.75) is 84.5 Å². The average molecular weight is 413 g/mol. The highest BCUT2D eigenvalue weighted by atomic mass is 16.6. The Kier molecular flexibility index (Phi) is 18.2. The summed E-state index contributed by atoms with van der Waals surface area (Å²) in [4.78, 5) is 27.1. The van der Waals surface area contributed by atoms with Gasteiger partial charge in [0.05, 0.1) is 5.71 Å². The first-order chi connectivity index (χ1) is 14.0. The van der Waals surface area contributed by atoms with Crippen molar-refractivity contribution in [3.8, 4) is 0 Å². The lowest BCUT2D eigenvalue weighted by Gasteiger charge is -2.16. The summed E-state index contributed by atoms with van der Waals surface area (Å²) >= 11 is 0. The minimum atomic E-state index is -1.26. The number of nitrogens with zero attached hydrogens (tertiary/aromatic N) is 2. The quantitative estimate of drug-likeness (QED) is 0.340. The van der Waals surface area contributed by atoms with Crippen LogP contribution in [0.5, 0.6) is 0 Å². The van der Waals surface area contributed by atoms with Gasteiger partial charge in [0.2, 0.25) is 0 Å². The van der Waals surface area contributed by atoms with Crippen molar-refractivity contribution in [2.75, 3.05) is 26.2 Å². The highest BCUT2D eigenvalue weighted by Gasteiger charge is 2.04. The van der Waals surface area contributed by atoms with Gasteiger partial charge in [0, 0.05) is 18.7 Å². The molecule has 0 aliphatic heterocycles. The first kappa shape index (κ1) is 27.1. The zero-order valence-corrected chi connectivity index (χ0v) is 18.3. The van der Waals surface area contributed by atoms with Gasteiger partial charge in [0.15, 0.2) is 0 Å². The van der Waals surface area contributed by atoms with Gasteiger partial charge < -0.3 is 20.0 Å². The summed E-state index contributed by atoms with van der Waals surface area (Å²) in [5, 5.41) is 20.1. The number of hydrogen-bond donors (Lipinski definition) is 2. The zero-order valence-electron chi connectivity index (χ0n) is 18.3. The lowest BCUT2D eigenvalue weighted by atomic mass is 10.00. The number of oxime groups is 1. The number of carbonyl (C=O) groups is 2. The summed E-state index contributed by atoms with van der Waals surface area (Å²) in [6.45, 7) is 8.30. The highest BCUT2D eigenvalue weighted by Crippen LogP contribution is 2.15. The summed E-state index contributed by atoms with van der Waals surface area (Å²) in [5.41, 5.74) is 1.30. The van der Waals surface area contributed by atoms with Gasteiger partial charge in [-0.1, -0.05) is 63.9 Å². The number of carboxylic acids is 2. The summed E-state index contributed by atoms with van der Waals surface area (Å²) in [7, 11) is 0. The molecule has 1 rings (SSSR count). The fourth-order valence-corrected chi connectivity index (χ4v) is 3.10. The molecule has 1 aliphatic carbocycles. The molecule has 0 unspecified atom stereocenters. The van der Waals surface area contributed by atoms with E-state index < -0.39 is 11.9 Å². The Morgan fingerprint density at radius 2 is 1.28 bits per heavy atom. The number of carboxylic acid groups (broad SMARTS) is 2. The second kappa shape index (κ2) is 19.4. The molecule has 0 heterocycles. The number of rotatable bonds is 8. The lowest BCUT2D eigenvalue weighted by molar-refractivity contribution is -0.134. The Morgan fingerprint density at radius 1 is 0.862 bits per heavy atom. The maximum absolute atomic E-state index is 9.55. The lowest BCUT2D eigenvalue weighted by Crippen LogP contribution is -2.26. The van der Waals surface area contributed by atoms with E-state index in [1.54, 1.807) is 0 Å². The van der Waals surface area contributed by atoms with Gasteiger partial charge in [-0.15, -0.1) is 0 Å². The molecule has 1 aliphatic rings. The Balaban J connectivity index is 0.000000828. The van der Waals surface area contributed by atoms with Gasteiger partial charge in [-0.25, -0.2) is 9.59 Å². The Hall–Kier alpha value is -1.89. The molecule has 0 aromatic heterocycles. The molecular weight excluding hydrogens is 372 g/mol. The van der Waals surface area contributed by atoms with E-state index in [2.05, 4.69) is 23.9 Å². The van der Waals surface area contributed by atoms with E-state index in [4.69, 9.17) is 15.1 Å². The summed E-state index contributed by atoms with van der Waals surface area (Å²) in [5.74, 6) is -2.51. The molecule has 0 atom stereocenters. The molecule has 29 heavy (non-hydrogen) atoms. The second-order valence-corrected chi connectivity index (χ2v) is 7.21. The van der Waals surface area contributed by atoms with Crippen LogP contribution in [0.25, 0.3) is 0 Å². The molecule has 168 valence electrons. The van der Waals surface area contributed by atoms with Gasteiger partial charge in [0.25, 0.3) is 0 Å². The van der Waals surface area contributed by atoms with Crippen LogP contribution in [0.3, 0.4) is 0 Å². The minimum Gasteiger partial charge on any atom is -0.478 e. The van der Waals surface area contributed by atoms with Crippen LogP contribution in [0, 0.1) is 0 Å². The van der Waals surface area contributed by atoms with Crippen LogP contribution < -0.4 is 0 Å². The second-order valence-electron chi connectivity index (χ2n) is 7.21. The third kappa shape index (κ3) is 19.2. The first-order valence-corrected chi connectivity index (χ1v) is 11.0. The smallest absolute Gasteiger partial charge is 0.328 e. The monoisotopic (exact) mass is 412 g/mol. The number of likely N-dealkylation sites (N-methyl/N-ethyl adjacent to an activating group) is 1. The average Bonchev–Trinajstić information content (AvgIpc) is 2.68. The van der Waals surface area contributed by atoms with Crippen LogP contribution >= 0.6 is 0 Å². The standard InChI is InChI=1S/C18H36N2O.C4H4O4/c1-3-20(4-2)16-17-21-19-18-14-12-10-8-6-5-7-9-11-13-15-18;5-3(6)1-2-4(7)8/h3-17H2,1-2H3;1-2H,(H,5,6)(H,7,8). The fraction of sp³-hybridized carbons (Fsp3) is 0.773. The van der Waals surface area contributed by atoms with Crippen molar-refractivity contribution in [3.63, 3.8) is 0 Å². The van der Waals surface area contributed by atoms with Crippen LogP contribution in [-0.4, -0.2) is 59.0 Å². The summed E-state index contributed by atoms with van der Waals surface area (Å²) in [6, 6.07) is 0. The van der Waals surface area contributed by atoms with Gasteiger partial charge >= 0.3 is 11.9 Å². The van der Waals surface area contributed by atoms with E-state index >= 15 is 0 Å². The molecule has 0 saturated heterocycles. The first-order valence-electron chi connectivity index (χ1n) is 11.0. The van der Waals surface area contributed by atoms with Crippen molar-refractivity contribution >= 4 is 17.7 Å². The van der Waals surface area contributed by atoms with Gasteiger partial charge in [-0.3, -0.25) is 0 Å². The summed E-state index contributed by atoms with van der Waals surface area (Å²) < 4.78 is 0. The molecular formula is C22H40N2O5. The van der Waals surface area contributed by atoms with Crippen LogP contribution in [0.4, 0.5) is 0 Å². The van der Waals surface area contributed by atoms with Crippen LogP contribution in [0.15, 0.2) is 17.3 Å². The van der Waals surface area contributed by atoms with Crippen molar-refractivity contribution in [3.05, 3.63) is 12.2 Å². The molecule has 2 N–H and O–H groups in total. The van der Waals surface area contributed by atoms with E-state index in [0.29, 0.717) is 12.2 Å².